The lowest BCUT2D eigenvalue weighted by Gasteiger charge is -2.26. The molecule has 2 unspecified atom stereocenters. The molecule has 3 aromatic rings. The highest BCUT2D eigenvalue weighted by Gasteiger charge is 2.32. The van der Waals surface area contributed by atoms with Crippen LogP contribution in [0.25, 0.3) is 0 Å². The quantitative estimate of drug-likeness (QED) is 0.290. The molecule has 0 spiro atoms. The number of ether oxygens (including phenoxy) is 2. The first-order chi connectivity index (χ1) is 16.8. The molecule has 0 heterocycles. The summed E-state index contributed by atoms with van der Waals surface area (Å²) in [6.45, 7) is 5.78. The van der Waals surface area contributed by atoms with Gasteiger partial charge in [-0.2, -0.15) is 0 Å². The van der Waals surface area contributed by atoms with Gasteiger partial charge in [-0.1, -0.05) is 91.0 Å². The molecule has 3 rings (SSSR count). The normalized spacial score (nSPS) is 13.0. The minimum absolute atomic E-state index is 0.206. The number of thioether (sulfide) groups is 1. The zero-order valence-electron chi connectivity index (χ0n) is 20.7. The summed E-state index contributed by atoms with van der Waals surface area (Å²) in [4.78, 5) is 26.4. The minimum Gasteiger partial charge on any atom is -0.460 e. The van der Waals surface area contributed by atoms with Crippen molar-refractivity contribution in [3.05, 3.63) is 108 Å². The highest BCUT2D eigenvalue weighted by molar-refractivity contribution is 8.01. The van der Waals surface area contributed by atoms with Crippen molar-refractivity contribution in [2.24, 2.45) is 0 Å². The maximum absolute atomic E-state index is 13.2. The molecule has 0 saturated heterocycles. The molecule has 0 N–H and O–H groups in total. The number of aryl methyl sites for hydroxylation is 1. The van der Waals surface area contributed by atoms with Crippen molar-refractivity contribution in [3.8, 4) is 0 Å². The van der Waals surface area contributed by atoms with E-state index in [1.165, 1.54) is 11.8 Å². The molecule has 0 amide bonds. The van der Waals surface area contributed by atoms with Crippen molar-refractivity contribution < 1.29 is 19.1 Å². The number of benzene rings is 3. The molecule has 184 valence electrons. The van der Waals surface area contributed by atoms with Gasteiger partial charge < -0.3 is 9.47 Å². The smallest absolute Gasteiger partial charge is 0.319 e. The van der Waals surface area contributed by atoms with Gasteiger partial charge >= 0.3 is 11.9 Å². The van der Waals surface area contributed by atoms with Gasteiger partial charge in [0.2, 0.25) is 0 Å². The fraction of sp³-hybridized carbons (Fsp3) is 0.333. The second-order valence-corrected chi connectivity index (χ2v) is 10.9. The van der Waals surface area contributed by atoms with E-state index in [9.17, 15) is 9.59 Å². The second-order valence-electron chi connectivity index (χ2n) is 9.45. The summed E-state index contributed by atoms with van der Waals surface area (Å²) in [6.07, 6.45) is 1.76. The lowest BCUT2D eigenvalue weighted by molar-refractivity contribution is -0.154. The molecular formula is C30H34O4S. The number of hydrogen-bond acceptors (Lipinski definition) is 5. The summed E-state index contributed by atoms with van der Waals surface area (Å²) in [5, 5.41) is -1.03. The Hall–Kier alpha value is -3.05. The molecular weight excluding hydrogens is 456 g/mol. The molecule has 4 nitrogen and oxygen atoms in total. The topological polar surface area (TPSA) is 52.6 Å². The van der Waals surface area contributed by atoms with Crippen molar-refractivity contribution >= 4 is 23.7 Å². The average molecular weight is 491 g/mol. The van der Waals surface area contributed by atoms with Crippen LogP contribution in [0.1, 0.15) is 43.9 Å². The van der Waals surface area contributed by atoms with E-state index in [4.69, 9.17) is 9.47 Å². The van der Waals surface area contributed by atoms with Gasteiger partial charge in [-0.3, -0.25) is 9.59 Å². The molecule has 0 aliphatic rings. The highest BCUT2D eigenvalue weighted by atomic mass is 32.2. The maximum atomic E-state index is 13.2. The van der Waals surface area contributed by atoms with Crippen molar-refractivity contribution in [1.29, 1.82) is 0 Å². The van der Waals surface area contributed by atoms with Crippen LogP contribution in [0.2, 0.25) is 0 Å². The highest BCUT2D eigenvalue weighted by Crippen LogP contribution is 2.29. The number of carbonyl (C=O) groups is 2. The first-order valence-electron chi connectivity index (χ1n) is 12.0. The average Bonchev–Trinajstić information content (AvgIpc) is 2.85. The Morgan fingerprint density at radius 1 is 0.714 bits per heavy atom. The zero-order chi connectivity index (χ0) is 25.1. The van der Waals surface area contributed by atoms with Crippen molar-refractivity contribution in [1.82, 2.24) is 0 Å². The third-order valence-electron chi connectivity index (χ3n) is 5.29. The lowest BCUT2D eigenvalue weighted by Crippen LogP contribution is -2.34. The van der Waals surface area contributed by atoms with Crippen LogP contribution >= 0.6 is 11.8 Å². The Labute approximate surface area is 213 Å². The number of rotatable bonds is 11. The molecule has 0 fully saturated rings. The molecule has 35 heavy (non-hydrogen) atoms. The molecule has 0 aromatic heterocycles. The van der Waals surface area contributed by atoms with Crippen molar-refractivity contribution in [3.63, 3.8) is 0 Å². The molecule has 3 aromatic carbocycles. The van der Waals surface area contributed by atoms with E-state index in [-0.39, 0.29) is 18.5 Å². The fourth-order valence-electron chi connectivity index (χ4n) is 3.59. The van der Waals surface area contributed by atoms with Gasteiger partial charge in [-0.05, 0) is 56.7 Å². The summed E-state index contributed by atoms with van der Waals surface area (Å²) in [7, 11) is 0. The number of esters is 2. The molecule has 0 aliphatic heterocycles. The lowest BCUT2D eigenvalue weighted by atomic mass is 10.1. The first-order valence-corrected chi connectivity index (χ1v) is 12.9. The van der Waals surface area contributed by atoms with Crippen LogP contribution in [-0.4, -0.2) is 28.0 Å². The Morgan fingerprint density at radius 2 is 1.23 bits per heavy atom. The third-order valence-corrected chi connectivity index (χ3v) is 6.73. The predicted molar refractivity (Wildman–Crippen MR) is 142 cm³/mol. The van der Waals surface area contributed by atoms with Gasteiger partial charge in [-0.15, -0.1) is 11.8 Å². The van der Waals surface area contributed by atoms with Crippen LogP contribution in [0.5, 0.6) is 0 Å². The van der Waals surface area contributed by atoms with Gasteiger partial charge in [-0.25, -0.2) is 0 Å². The predicted octanol–water partition coefficient (Wildman–Crippen LogP) is 6.42. The van der Waals surface area contributed by atoms with Gasteiger partial charge in [0.15, 0.2) is 0 Å². The molecule has 0 saturated carbocycles. The monoisotopic (exact) mass is 490 g/mol. The van der Waals surface area contributed by atoms with E-state index in [1.54, 1.807) is 0 Å². The van der Waals surface area contributed by atoms with Crippen LogP contribution < -0.4 is 0 Å². The van der Waals surface area contributed by atoms with Gasteiger partial charge in [0.1, 0.15) is 22.7 Å². The summed E-state index contributed by atoms with van der Waals surface area (Å²) in [5.41, 5.74) is 2.49. The van der Waals surface area contributed by atoms with Crippen LogP contribution in [0.15, 0.2) is 91.0 Å². The molecule has 0 aliphatic carbocycles. The Balaban J connectivity index is 1.77. The Kier molecular flexibility index (Phi) is 9.98. The van der Waals surface area contributed by atoms with E-state index < -0.39 is 16.1 Å². The Bertz CT molecular complexity index is 1050. The number of hydrogen-bond donors (Lipinski definition) is 0. The van der Waals surface area contributed by atoms with E-state index >= 15 is 0 Å². The van der Waals surface area contributed by atoms with Crippen LogP contribution in [0.4, 0.5) is 0 Å². The molecule has 0 bridgehead atoms. The fourth-order valence-corrected chi connectivity index (χ4v) is 4.86. The van der Waals surface area contributed by atoms with Crippen molar-refractivity contribution in [2.75, 3.05) is 0 Å². The molecule has 5 heteroatoms. The van der Waals surface area contributed by atoms with E-state index in [2.05, 4.69) is 0 Å². The minimum atomic E-state index is -0.611. The zero-order valence-corrected chi connectivity index (χ0v) is 21.5. The second kappa shape index (κ2) is 13.1. The van der Waals surface area contributed by atoms with Gasteiger partial charge in [0.05, 0.1) is 0 Å². The summed E-state index contributed by atoms with van der Waals surface area (Å²) in [6, 6.07) is 29.5. The molecule has 2 atom stereocenters. The van der Waals surface area contributed by atoms with E-state index in [0.29, 0.717) is 19.3 Å². The Morgan fingerprint density at radius 3 is 1.77 bits per heavy atom. The van der Waals surface area contributed by atoms with E-state index in [0.717, 1.165) is 16.7 Å². The first kappa shape index (κ1) is 26.6. The standard InChI is InChI=1S/C30H34O4S/c1-30(2,3)34-29(32)27(21-24-15-9-5-10-16-24)35-26(20-19-23-13-7-4-8-14-23)28(31)33-22-25-17-11-6-12-18-25/h4-18,26-27H,19-22H2,1-3H3. The maximum Gasteiger partial charge on any atom is 0.319 e. The van der Waals surface area contributed by atoms with Crippen LogP contribution in [-0.2, 0) is 38.5 Å². The van der Waals surface area contributed by atoms with E-state index in [1.807, 2.05) is 112 Å². The van der Waals surface area contributed by atoms with Gasteiger partial charge in [0, 0.05) is 0 Å². The largest absolute Gasteiger partial charge is 0.460 e. The number of carbonyl (C=O) groups excluding carboxylic acids is 2. The van der Waals surface area contributed by atoms with Gasteiger partial charge in [0.25, 0.3) is 0 Å². The SMILES string of the molecule is CC(C)(C)OC(=O)C(Cc1ccccc1)SC(CCc1ccccc1)C(=O)OCc1ccccc1. The van der Waals surface area contributed by atoms with Crippen LogP contribution in [0, 0.1) is 0 Å². The summed E-state index contributed by atoms with van der Waals surface area (Å²) < 4.78 is 11.4. The van der Waals surface area contributed by atoms with Crippen molar-refractivity contribution in [2.45, 2.75) is 62.7 Å². The van der Waals surface area contributed by atoms with Crippen LogP contribution in [0.3, 0.4) is 0 Å². The summed E-state index contributed by atoms with van der Waals surface area (Å²) in [5.74, 6) is -0.622. The molecule has 0 radical (unpaired) electrons. The summed E-state index contributed by atoms with van der Waals surface area (Å²) >= 11 is 1.35. The third kappa shape index (κ3) is 9.61.